The molecule has 0 aromatic carbocycles. The van der Waals surface area contributed by atoms with Crippen molar-refractivity contribution in [2.24, 2.45) is 34.5 Å². The van der Waals surface area contributed by atoms with E-state index in [1.165, 1.54) is 24.8 Å². The summed E-state index contributed by atoms with van der Waals surface area (Å²) < 4.78 is 0. The third-order valence-corrected chi connectivity index (χ3v) is 8.66. The van der Waals surface area contributed by atoms with Gasteiger partial charge in [-0.15, -0.1) is 0 Å². The number of hydrogen-bond acceptors (Lipinski definition) is 3. The first-order valence-corrected chi connectivity index (χ1v) is 9.85. The van der Waals surface area contributed by atoms with E-state index < -0.39 is 0 Å². The Labute approximate surface area is 145 Å². The molecule has 0 aliphatic heterocycles. The first-order chi connectivity index (χ1) is 11.4. The van der Waals surface area contributed by atoms with Crippen molar-refractivity contribution >= 4 is 0 Å². The van der Waals surface area contributed by atoms with Crippen LogP contribution in [-0.2, 0) is 0 Å². The van der Waals surface area contributed by atoms with E-state index in [4.69, 9.17) is 5.26 Å². The van der Waals surface area contributed by atoms with E-state index in [1.807, 2.05) is 0 Å². The summed E-state index contributed by atoms with van der Waals surface area (Å²) in [5.74, 6) is 2.15. The van der Waals surface area contributed by atoms with Gasteiger partial charge in [-0.25, -0.2) is 0 Å². The molecule has 4 rings (SSSR count). The van der Waals surface area contributed by atoms with Gasteiger partial charge in [-0.3, -0.25) is 0 Å². The Balaban J connectivity index is 1.69. The summed E-state index contributed by atoms with van der Waals surface area (Å²) in [7, 11) is 0. The van der Waals surface area contributed by atoms with Crippen LogP contribution in [0.5, 0.6) is 0 Å². The maximum absolute atomic E-state index is 11.2. The fraction of sp³-hybridized carbons (Fsp3) is 0.857. The van der Waals surface area contributed by atoms with Crippen LogP contribution in [0.2, 0.25) is 0 Å². The molecule has 1 unspecified atom stereocenters. The molecular weight excluding hydrogens is 298 g/mol. The lowest BCUT2D eigenvalue weighted by atomic mass is 9.44. The minimum Gasteiger partial charge on any atom is -0.393 e. The predicted molar refractivity (Wildman–Crippen MR) is 92.8 cm³/mol. The molecule has 24 heavy (non-hydrogen) atoms. The average molecular weight is 329 g/mol. The monoisotopic (exact) mass is 329 g/mol. The highest BCUT2D eigenvalue weighted by Gasteiger charge is 2.61. The Hall–Kier alpha value is -0.850. The number of rotatable bonds is 0. The van der Waals surface area contributed by atoms with Crippen molar-refractivity contribution in [3.8, 4) is 6.07 Å². The zero-order valence-corrected chi connectivity index (χ0v) is 15.0. The van der Waals surface area contributed by atoms with Gasteiger partial charge >= 0.3 is 0 Å². The quantitative estimate of drug-likeness (QED) is 0.664. The molecule has 0 bridgehead atoms. The number of aliphatic hydroxyl groups excluding tert-OH is 2. The SMILES string of the molecule is C[C@]12CC[C@@H](O)C[C@H]1CC[C@H]1C3CC/C(=C/C#N)[C@@]3(C)C[C@H](O)[C@@H]12. The minimum absolute atomic E-state index is 0.0215. The molecule has 0 saturated heterocycles. The van der Waals surface area contributed by atoms with Gasteiger partial charge < -0.3 is 10.2 Å². The largest absolute Gasteiger partial charge is 0.393 e. The van der Waals surface area contributed by atoms with E-state index in [9.17, 15) is 10.2 Å². The second kappa shape index (κ2) is 5.58. The Morgan fingerprint density at radius 2 is 1.96 bits per heavy atom. The highest BCUT2D eigenvalue weighted by Crippen LogP contribution is 2.67. The Morgan fingerprint density at radius 3 is 2.71 bits per heavy atom. The third-order valence-electron chi connectivity index (χ3n) is 8.66. The first kappa shape index (κ1) is 16.6. The van der Waals surface area contributed by atoms with E-state index in [0.717, 1.165) is 32.1 Å². The number of aliphatic hydroxyl groups is 2. The second-order valence-corrected chi connectivity index (χ2v) is 9.53. The van der Waals surface area contributed by atoms with Gasteiger partial charge in [0.1, 0.15) is 0 Å². The van der Waals surface area contributed by atoms with Gasteiger partial charge in [-0.2, -0.15) is 5.26 Å². The summed E-state index contributed by atoms with van der Waals surface area (Å²) in [6.07, 6.45) is 9.65. The fourth-order valence-corrected chi connectivity index (χ4v) is 7.52. The van der Waals surface area contributed by atoms with Crippen molar-refractivity contribution in [2.45, 2.75) is 77.4 Å². The molecule has 0 spiro atoms. The highest BCUT2D eigenvalue weighted by atomic mass is 16.3. The molecule has 3 nitrogen and oxygen atoms in total. The second-order valence-electron chi connectivity index (χ2n) is 9.53. The normalized spacial score (nSPS) is 55.4. The molecule has 132 valence electrons. The average Bonchev–Trinajstić information content (AvgIpc) is 2.84. The highest BCUT2D eigenvalue weighted by molar-refractivity contribution is 5.29. The Morgan fingerprint density at radius 1 is 1.17 bits per heavy atom. The third kappa shape index (κ3) is 2.15. The number of hydrogen-bond donors (Lipinski definition) is 2. The van der Waals surface area contributed by atoms with Crippen molar-refractivity contribution in [1.82, 2.24) is 0 Å². The molecule has 4 saturated carbocycles. The van der Waals surface area contributed by atoms with Gasteiger partial charge in [0.25, 0.3) is 0 Å². The Kier molecular flexibility index (Phi) is 3.86. The van der Waals surface area contributed by atoms with Gasteiger partial charge in [0.2, 0.25) is 0 Å². The summed E-state index contributed by atoms with van der Waals surface area (Å²) in [5.41, 5.74) is 1.48. The maximum Gasteiger partial charge on any atom is 0.0911 e. The van der Waals surface area contributed by atoms with Crippen LogP contribution >= 0.6 is 0 Å². The van der Waals surface area contributed by atoms with Crippen LogP contribution < -0.4 is 0 Å². The molecule has 0 heterocycles. The van der Waals surface area contributed by atoms with Crippen molar-refractivity contribution in [3.63, 3.8) is 0 Å². The molecular formula is C21H31NO2. The van der Waals surface area contributed by atoms with E-state index >= 15 is 0 Å². The van der Waals surface area contributed by atoms with Crippen LogP contribution in [0, 0.1) is 45.8 Å². The van der Waals surface area contributed by atoms with Crippen molar-refractivity contribution in [1.29, 1.82) is 5.26 Å². The summed E-state index contributed by atoms with van der Waals surface area (Å²) in [4.78, 5) is 0. The van der Waals surface area contributed by atoms with Crippen LogP contribution in [0.1, 0.15) is 65.2 Å². The smallest absolute Gasteiger partial charge is 0.0911 e. The van der Waals surface area contributed by atoms with E-state index in [1.54, 1.807) is 6.08 Å². The molecule has 2 N–H and O–H groups in total. The molecule has 0 amide bonds. The zero-order chi connectivity index (χ0) is 17.1. The van der Waals surface area contributed by atoms with Gasteiger partial charge in [0.15, 0.2) is 0 Å². The molecule has 3 heteroatoms. The molecule has 0 radical (unpaired) electrons. The van der Waals surface area contributed by atoms with Crippen LogP contribution in [0.3, 0.4) is 0 Å². The lowest BCUT2D eigenvalue weighted by molar-refractivity contribution is -0.167. The Bertz CT molecular complexity index is 593. The molecule has 0 aromatic rings. The lowest BCUT2D eigenvalue weighted by Gasteiger charge is -2.61. The van der Waals surface area contributed by atoms with E-state index in [0.29, 0.717) is 23.7 Å². The fourth-order valence-electron chi connectivity index (χ4n) is 7.52. The number of allylic oxidation sites excluding steroid dienone is 2. The van der Waals surface area contributed by atoms with E-state index in [2.05, 4.69) is 19.9 Å². The number of nitriles is 1. The molecule has 4 fully saturated rings. The van der Waals surface area contributed by atoms with E-state index in [-0.39, 0.29) is 23.0 Å². The summed E-state index contributed by atoms with van der Waals surface area (Å²) in [6.45, 7) is 4.69. The maximum atomic E-state index is 11.2. The van der Waals surface area contributed by atoms with Crippen molar-refractivity contribution < 1.29 is 10.2 Å². The predicted octanol–water partition coefficient (Wildman–Crippen LogP) is 3.81. The topological polar surface area (TPSA) is 64.2 Å². The van der Waals surface area contributed by atoms with Gasteiger partial charge in [-0.05, 0) is 85.9 Å². The lowest BCUT2D eigenvalue weighted by Crippen LogP contribution is -2.58. The van der Waals surface area contributed by atoms with Gasteiger partial charge in [0, 0.05) is 6.08 Å². The van der Waals surface area contributed by atoms with Crippen LogP contribution in [0.4, 0.5) is 0 Å². The van der Waals surface area contributed by atoms with Gasteiger partial charge in [0.05, 0.1) is 18.3 Å². The van der Waals surface area contributed by atoms with Gasteiger partial charge in [-0.1, -0.05) is 19.4 Å². The standard InChI is InChI=1S/C21H31NO2/c1-20-9-7-15(23)11-14(20)3-5-16-17-6-4-13(8-10-22)21(17,2)12-18(24)19(16)20/h8,14-19,23-24H,3-7,9,11-12H2,1-2H3/b13-8-/t14-,15-,16+,17?,18+,19-,20+,21-/m1/s1. The zero-order valence-electron chi connectivity index (χ0n) is 15.0. The first-order valence-electron chi connectivity index (χ1n) is 9.85. The summed E-state index contributed by atoms with van der Waals surface area (Å²) >= 11 is 0. The van der Waals surface area contributed by atoms with Crippen LogP contribution in [0.15, 0.2) is 11.6 Å². The molecule has 4 aliphatic rings. The van der Waals surface area contributed by atoms with Crippen LogP contribution in [0.25, 0.3) is 0 Å². The number of nitrogens with zero attached hydrogens (tertiary/aromatic N) is 1. The summed E-state index contributed by atoms with van der Waals surface area (Å²) in [5, 5.41) is 30.4. The molecule has 0 aromatic heterocycles. The number of fused-ring (bicyclic) bond motifs is 5. The van der Waals surface area contributed by atoms with Crippen molar-refractivity contribution in [2.75, 3.05) is 0 Å². The van der Waals surface area contributed by atoms with Crippen molar-refractivity contribution in [3.05, 3.63) is 11.6 Å². The summed E-state index contributed by atoms with van der Waals surface area (Å²) in [6, 6.07) is 2.24. The minimum atomic E-state index is -0.264. The molecule has 4 aliphatic carbocycles. The van der Waals surface area contributed by atoms with Crippen LogP contribution in [-0.4, -0.2) is 22.4 Å². The molecule has 8 atom stereocenters.